The highest BCUT2D eigenvalue weighted by Crippen LogP contribution is 2.34. The van der Waals surface area contributed by atoms with E-state index in [0.717, 1.165) is 31.0 Å². The molecule has 0 spiro atoms. The second kappa shape index (κ2) is 9.52. The number of carbonyl (C=O) groups is 1. The molecule has 6 nitrogen and oxygen atoms in total. The maximum atomic E-state index is 14.7. The van der Waals surface area contributed by atoms with E-state index in [1.165, 1.54) is 6.20 Å². The van der Waals surface area contributed by atoms with Gasteiger partial charge in [0.2, 0.25) is 0 Å². The van der Waals surface area contributed by atoms with Crippen LogP contribution in [0.3, 0.4) is 0 Å². The maximum absolute atomic E-state index is 14.7. The topological polar surface area (TPSA) is 93.8 Å². The van der Waals surface area contributed by atoms with E-state index in [-0.39, 0.29) is 29.1 Å². The van der Waals surface area contributed by atoms with Gasteiger partial charge in [-0.1, -0.05) is 17.9 Å². The number of nitrogens with two attached hydrogens (primary N) is 1. The molecule has 1 aromatic carbocycles. The number of primary amides is 1. The second-order valence-corrected chi connectivity index (χ2v) is 8.53. The van der Waals surface area contributed by atoms with E-state index < -0.39 is 23.5 Å². The first-order chi connectivity index (χ1) is 17.4. The number of nitrogens with one attached hydrogen (secondary N) is 1. The Balaban J connectivity index is 1.51. The molecule has 0 radical (unpaired) electrons. The van der Waals surface area contributed by atoms with Gasteiger partial charge in [-0.15, -0.1) is 0 Å². The third-order valence-corrected chi connectivity index (χ3v) is 6.15. The number of rotatable bonds is 5. The van der Waals surface area contributed by atoms with Crippen molar-refractivity contribution in [2.45, 2.75) is 31.2 Å². The smallest absolute Gasteiger partial charge is 0.254 e. The minimum Gasteiger partial charge on any atom is -0.366 e. The van der Waals surface area contributed by atoms with Gasteiger partial charge in [-0.2, -0.15) is 0 Å². The number of carbonyl (C=O) groups excluding carboxylic acids is 1. The molecule has 0 aliphatic heterocycles. The monoisotopic (exact) mass is 482 g/mol. The highest BCUT2D eigenvalue weighted by Gasteiger charge is 2.27. The molecule has 1 aliphatic carbocycles. The Labute approximate surface area is 205 Å². The molecule has 5 rings (SSSR count). The Hall–Kier alpha value is -4.69. The van der Waals surface area contributed by atoms with Crippen LogP contribution in [0.5, 0.6) is 0 Å². The molecule has 0 bridgehead atoms. The largest absolute Gasteiger partial charge is 0.366 e. The van der Waals surface area contributed by atoms with Gasteiger partial charge in [0.05, 0.1) is 11.1 Å². The van der Waals surface area contributed by atoms with Gasteiger partial charge >= 0.3 is 0 Å². The molecule has 1 fully saturated rings. The summed E-state index contributed by atoms with van der Waals surface area (Å²) in [5.74, 6) is 8.48. The molecular formula is C28H20F2N4O2. The third-order valence-electron chi connectivity index (χ3n) is 6.15. The van der Waals surface area contributed by atoms with E-state index in [2.05, 4.69) is 33.6 Å². The number of fused-ring (bicyclic) bond motifs is 1. The molecule has 1 saturated carbocycles. The van der Waals surface area contributed by atoms with Crippen LogP contribution in [-0.2, 0) is 0 Å². The number of hydrogen-bond acceptors (Lipinski definition) is 3. The van der Waals surface area contributed by atoms with E-state index in [1.54, 1.807) is 35.2 Å². The fourth-order valence-electron chi connectivity index (χ4n) is 4.22. The van der Waals surface area contributed by atoms with Crippen LogP contribution < -0.4 is 11.3 Å². The van der Waals surface area contributed by atoms with E-state index in [1.807, 2.05) is 0 Å². The molecule has 0 saturated heterocycles. The predicted molar refractivity (Wildman–Crippen MR) is 131 cm³/mol. The van der Waals surface area contributed by atoms with Crippen LogP contribution in [0.1, 0.15) is 58.3 Å². The lowest BCUT2D eigenvalue weighted by atomic mass is 9.89. The third kappa shape index (κ3) is 4.49. The summed E-state index contributed by atoms with van der Waals surface area (Å²) in [4.78, 5) is 32.1. The summed E-state index contributed by atoms with van der Waals surface area (Å²) in [6, 6.07) is 8.41. The lowest BCUT2D eigenvalue weighted by Crippen LogP contribution is -2.25. The summed E-state index contributed by atoms with van der Waals surface area (Å²) in [6.45, 7) is 0. The molecule has 1 unspecified atom stereocenters. The van der Waals surface area contributed by atoms with Crippen molar-refractivity contribution in [2.24, 2.45) is 5.73 Å². The molecular weight excluding hydrogens is 462 g/mol. The fourth-order valence-corrected chi connectivity index (χ4v) is 4.22. The Morgan fingerprint density at radius 1 is 1.19 bits per heavy atom. The first kappa shape index (κ1) is 23.1. The number of amides is 1. The standard InChI is InChI=1S/C28H20F2N4O2/c29-17-8-11-25(30)23(15-17)20(22-7-4-14-34(28(22)36)18-9-10-18)6-3-1-2-5-19-21-12-13-32-27(21)33-16-24(19)26(31)35/h4,7-8,11-16,18,20H,6,9-10H2,(H2,31,35)(H,32,33). The lowest BCUT2D eigenvalue weighted by Gasteiger charge is -2.17. The summed E-state index contributed by atoms with van der Waals surface area (Å²) in [7, 11) is 0. The van der Waals surface area contributed by atoms with E-state index in [0.29, 0.717) is 22.2 Å². The van der Waals surface area contributed by atoms with Crippen molar-refractivity contribution in [3.05, 3.63) is 99.2 Å². The summed E-state index contributed by atoms with van der Waals surface area (Å²) in [5, 5.41) is 0.630. The van der Waals surface area contributed by atoms with E-state index in [9.17, 15) is 18.4 Å². The van der Waals surface area contributed by atoms with Crippen LogP contribution in [-0.4, -0.2) is 20.4 Å². The average Bonchev–Trinajstić information content (AvgIpc) is 3.59. The van der Waals surface area contributed by atoms with Gasteiger partial charge in [0.1, 0.15) is 17.3 Å². The quantitative estimate of drug-likeness (QED) is 0.421. The number of aromatic amines is 1. The molecule has 1 aliphatic rings. The molecule has 178 valence electrons. The van der Waals surface area contributed by atoms with Crippen molar-refractivity contribution >= 4 is 16.9 Å². The summed E-state index contributed by atoms with van der Waals surface area (Å²) in [5.41, 5.74) is 6.74. The zero-order valence-corrected chi connectivity index (χ0v) is 19.0. The molecule has 8 heteroatoms. The van der Waals surface area contributed by atoms with Crippen molar-refractivity contribution in [1.82, 2.24) is 14.5 Å². The van der Waals surface area contributed by atoms with Crippen LogP contribution in [0.15, 0.2) is 59.8 Å². The fraction of sp³-hybridized carbons (Fsp3) is 0.179. The van der Waals surface area contributed by atoms with Gasteiger partial charge in [-0.3, -0.25) is 9.59 Å². The average molecular weight is 482 g/mol. The molecule has 3 heterocycles. The van der Waals surface area contributed by atoms with E-state index in [4.69, 9.17) is 5.73 Å². The van der Waals surface area contributed by atoms with Gasteiger partial charge in [0.15, 0.2) is 0 Å². The molecule has 36 heavy (non-hydrogen) atoms. The van der Waals surface area contributed by atoms with Gasteiger partial charge in [-0.05, 0) is 60.6 Å². The lowest BCUT2D eigenvalue weighted by molar-refractivity contribution is 0.1000. The predicted octanol–water partition coefficient (Wildman–Crippen LogP) is 4.01. The summed E-state index contributed by atoms with van der Waals surface area (Å²) in [6.07, 6.45) is 6.60. The Kier molecular flexibility index (Phi) is 6.10. The van der Waals surface area contributed by atoms with Crippen LogP contribution in [0, 0.1) is 35.3 Å². The number of nitrogens with zero attached hydrogens (tertiary/aromatic N) is 2. The number of halogens is 2. The Bertz CT molecular complexity index is 1680. The molecule has 4 aromatic rings. The van der Waals surface area contributed by atoms with Crippen molar-refractivity contribution < 1.29 is 13.6 Å². The van der Waals surface area contributed by atoms with Gasteiger partial charge in [-0.25, -0.2) is 13.8 Å². The van der Waals surface area contributed by atoms with Gasteiger partial charge in [0, 0.05) is 47.9 Å². The maximum Gasteiger partial charge on any atom is 0.254 e. The first-order valence-corrected chi connectivity index (χ1v) is 11.3. The summed E-state index contributed by atoms with van der Waals surface area (Å²) >= 11 is 0. The zero-order chi connectivity index (χ0) is 25.2. The molecule has 1 amide bonds. The minimum atomic E-state index is -0.785. The molecule has 3 N–H and O–H groups in total. The normalized spacial score (nSPS) is 13.4. The van der Waals surface area contributed by atoms with E-state index >= 15 is 0 Å². The summed E-state index contributed by atoms with van der Waals surface area (Å²) < 4.78 is 30.4. The van der Waals surface area contributed by atoms with Crippen molar-refractivity contribution in [3.63, 3.8) is 0 Å². The highest BCUT2D eigenvalue weighted by atomic mass is 19.1. The van der Waals surface area contributed by atoms with Gasteiger partial charge in [0.25, 0.3) is 11.5 Å². The molecule has 3 aromatic heterocycles. The van der Waals surface area contributed by atoms with Gasteiger partial charge < -0.3 is 15.3 Å². The van der Waals surface area contributed by atoms with Crippen LogP contribution in [0.2, 0.25) is 0 Å². The number of hydrogen-bond donors (Lipinski definition) is 2. The number of benzene rings is 1. The number of aromatic nitrogens is 3. The van der Waals surface area contributed by atoms with Crippen LogP contribution in [0.4, 0.5) is 8.78 Å². The first-order valence-electron chi connectivity index (χ1n) is 11.3. The number of pyridine rings is 2. The Morgan fingerprint density at radius 3 is 2.81 bits per heavy atom. The highest BCUT2D eigenvalue weighted by molar-refractivity contribution is 6.00. The SMILES string of the molecule is NC(=O)c1cnc2[nH]ccc2c1C#CC#CCC(c1cc(F)ccc1F)c1cccn(C2CC2)c1=O. The Morgan fingerprint density at radius 2 is 2.03 bits per heavy atom. The van der Waals surface area contributed by atoms with Crippen molar-refractivity contribution in [3.8, 4) is 23.7 Å². The van der Waals surface area contributed by atoms with Crippen molar-refractivity contribution in [2.75, 3.05) is 0 Å². The molecule has 1 atom stereocenters. The van der Waals surface area contributed by atoms with Crippen molar-refractivity contribution in [1.29, 1.82) is 0 Å². The van der Waals surface area contributed by atoms with Crippen LogP contribution in [0.25, 0.3) is 11.0 Å². The minimum absolute atomic E-state index is 0.0392. The number of H-pyrrole nitrogens is 1. The zero-order valence-electron chi connectivity index (χ0n) is 19.0. The van der Waals surface area contributed by atoms with Crippen LogP contribution >= 0.6 is 0 Å². The second-order valence-electron chi connectivity index (χ2n) is 8.53.